The summed E-state index contributed by atoms with van der Waals surface area (Å²) in [5, 5.41) is 18.7. The minimum Gasteiger partial charge on any atom is -0.465 e. The molecule has 9 nitrogen and oxygen atoms in total. The fourth-order valence-corrected chi connectivity index (χ4v) is 4.49. The number of carbonyl (C=O) groups excluding carboxylic acids is 1. The number of benzene rings is 2. The summed E-state index contributed by atoms with van der Waals surface area (Å²) in [5.74, 6) is 0.0108. The van der Waals surface area contributed by atoms with Crippen molar-refractivity contribution in [3.05, 3.63) is 83.0 Å². The highest BCUT2D eigenvalue weighted by molar-refractivity contribution is 7.71. The number of H-pyrrole nitrogens is 1. The molecule has 0 saturated carbocycles. The third kappa shape index (κ3) is 4.69. The number of amides is 2. The van der Waals surface area contributed by atoms with Gasteiger partial charge < -0.3 is 19.7 Å². The molecular formula is C25H21N5O4S. The zero-order valence-electron chi connectivity index (χ0n) is 18.5. The van der Waals surface area contributed by atoms with E-state index in [1.165, 1.54) is 0 Å². The Morgan fingerprint density at radius 1 is 1.14 bits per heavy atom. The van der Waals surface area contributed by atoms with Gasteiger partial charge in [-0.15, -0.1) is 5.10 Å². The second-order valence-electron chi connectivity index (χ2n) is 8.11. The van der Waals surface area contributed by atoms with E-state index >= 15 is 0 Å². The van der Waals surface area contributed by atoms with Gasteiger partial charge in [0.05, 0.1) is 0 Å². The van der Waals surface area contributed by atoms with Crippen molar-refractivity contribution in [3.8, 4) is 22.6 Å². The van der Waals surface area contributed by atoms with Crippen LogP contribution in [0.25, 0.3) is 22.6 Å². The van der Waals surface area contributed by atoms with Gasteiger partial charge in [0.1, 0.15) is 6.04 Å². The number of nitrogens with one attached hydrogen (secondary N) is 2. The Kier molecular flexibility index (Phi) is 6.11. The van der Waals surface area contributed by atoms with E-state index in [0.29, 0.717) is 24.5 Å². The van der Waals surface area contributed by atoms with E-state index in [1.807, 2.05) is 54.6 Å². The quantitative estimate of drug-likeness (QED) is 0.348. The van der Waals surface area contributed by atoms with Gasteiger partial charge in [-0.1, -0.05) is 30.3 Å². The molecule has 2 aromatic heterocycles. The average Bonchev–Trinajstić information content (AvgIpc) is 3.50. The van der Waals surface area contributed by atoms with Crippen molar-refractivity contribution < 1.29 is 19.1 Å². The van der Waals surface area contributed by atoms with E-state index in [4.69, 9.17) is 16.6 Å². The molecule has 1 aliphatic heterocycles. The van der Waals surface area contributed by atoms with Gasteiger partial charge in [0.15, 0.2) is 0 Å². The summed E-state index contributed by atoms with van der Waals surface area (Å²) < 4.78 is 5.60. The molecule has 0 saturated heterocycles. The van der Waals surface area contributed by atoms with Crippen LogP contribution in [0.3, 0.4) is 0 Å². The topological polar surface area (TPSA) is 124 Å². The number of aromatic nitrogens is 3. The number of anilines is 1. The van der Waals surface area contributed by atoms with Crippen LogP contribution in [0, 0.1) is 4.84 Å². The highest BCUT2D eigenvalue weighted by atomic mass is 32.1. The molecule has 176 valence electrons. The molecule has 2 aromatic carbocycles. The molecular weight excluding hydrogens is 466 g/mol. The van der Waals surface area contributed by atoms with E-state index in [9.17, 15) is 14.7 Å². The second kappa shape index (κ2) is 9.51. The molecule has 0 fully saturated rings. The lowest BCUT2D eigenvalue weighted by molar-refractivity contribution is -0.120. The summed E-state index contributed by atoms with van der Waals surface area (Å²) in [6.07, 6.45) is 2.94. The molecule has 10 heteroatoms. The number of hydrogen-bond donors (Lipinski definition) is 3. The van der Waals surface area contributed by atoms with Crippen LogP contribution in [0.15, 0.2) is 71.4 Å². The first-order valence-corrected chi connectivity index (χ1v) is 11.4. The number of carbonyl (C=O) groups is 2. The van der Waals surface area contributed by atoms with Crippen LogP contribution in [-0.2, 0) is 17.6 Å². The van der Waals surface area contributed by atoms with Crippen molar-refractivity contribution in [3.63, 3.8) is 0 Å². The van der Waals surface area contributed by atoms with Crippen molar-refractivity contribution in [1.82, 2.24) is 20.5 Å². The van der Waals surface area contributed by atoms with Crippen molar-refractivity contribution in [1.29, 1.82) is 0 Å². The highest BCUT2D eigenvalue weighted by Crippen LogP contribution is 2.40. The molecule has 0 spiro atoms. The van der Waals surface area contributed by atoms with Crippen LogP contribution < -0.4 is 10.2 Å². The summed E-state index contributed by atoms with van der Waals surface area (Å²) in [6, 6.07) is 16.0. The Hall–Kier alpha value is -4.31. The number of carboxylic acid groups (broad SMARTS) is 1. The predicted molar refractivity (Wildman–Crippen MR) is 132 cm³/mol. The molecule has 0 radical (unpaired) electrons. The normalized spacial score (nSPS) is 13.3. The molecule has 4 aromatic rings. The zero-order valence-corrected chi connectivity index (χ0v) is 19.3. The lowest BCUT2D eigenvalue weighted by Gasteiger charge is -2.25. The van der Waals surface area contributed by atoms with Crippen molar-refractivity contribution >= 4 is 29.9 Å². The maximum atomic E-state index is 13.7. The highest BCUT2D eigenvalue weighted by Gasteiger charge is 2.34. The maximum absolute atomic E-state index is 13.7. The van der Waals surface area contributed by atoms with Crippen LogP contribution in [0.2, 0.25) is 0 Å². The average molecular weight is 488 g/mol. The Morgan fingerprint density at radius 2 is 1.91 bits per heavy atom. The second-order valence-corrected chi connectivity index (χ2v) is 8.48. The fourth-order valence-electron chi connectivity index (χ4n) is 4.37. The molecule has 0 bridgehead atoms. The molecule has 3 heterocycles. The third-order valence-corrected chi connectivity index (χ3v) is 6.10. The third-order valence-electron chi connectivity index (χ3n) is 5.93. The largest absolute Gasteiger partial charge is 0.465 e. The number of rotatable bonds is 6. The molecule has 2 amide bonds. The van der Waals surface area contributed by atoms with Crippen molar-refractivity contribution in [2.75, 3.05) is 11.4 Å². The lowest BCUT2D eigenvalue weighted by Crippen LogP contribution is -2.49. The molecule has 1 aliphatic rings. The lowest BCUT2D eigenvalue weighted by atomic mass is 9.97. The molecule has 1 unspecified atom stereocenters. The van der Waals surface area contributed by atoms with Crippen LogP contribution in [0.5, 0.6) is 0 Å². The maximum Gasteiger partial charge on any atom is 0.405 e. The van der Waals surface area contributed by atoms with Crippen molar-refractivity contribution in [2.24, 2.45) is 0 Å². The number of nitrogens with zero attached hydrogens (tertiary/aromatic N) is 3. The van der Waals surface area contributed by atoms with Crippen LogP contribution in [0.4, 0.5) is 10.5 Å². The van der Waals surface area contributed by atoms with Crippen LogP contribution in [0.1, 0.15) is 11.1 Å². The van der Waals surface area contributed by atoms with E-state index in [-0.39, 0.29) is 17.2 Å². The SMILES string of the molecule is O=C(O)NC(Cc1ccccc1)C(=O)N1CCc2c(-c3n[nH]c(=S)o3)cc(-c3ccncc3)cc21. The van der Waals surface area contributed by atoms with Crippen LogP contribution in [-0.4, -0.2) is 44.9 Å². The Labute approximate surface area is 205 Å². The molecule has 3 N–H and O–H groups in total. The van der Waals surface area contributed by atoms with Gasteiger partial charge in [-0.05, 0) is 65.2 Å². The van der Waals surface area contributed by atoms with Crippen molar-refractivity contribution in [2.45, 2.75) is 18.9 Å². The monoisotopic (exact) mass is 487 g/mol. The Balaban J connectivity index is 1.57. The first-order chi connectivity index (χ1) is 17.0. The van der Waals surface area contributed by atoms with Gasteiger partial charge in [-0.2, -0.15) is 0 Å². The number of fused-ring (bicyclic) bond motifs is 1. The number of aromatic amines is 1. The molecule has 35 heavy (non-hydrogen) atoms. The summed E-state index contributed by atoms with van der Waals surface area (Å²) >= 11 is 5.07. The van der Waals surface area contributed by atoms with Gasteiger partial charge in [-0.25, -0.2) is 9.89 Å². The Morgan fingerprint density at radius 3 is 2.60 bits per heavy atom. The number of pyridine rings is 1. The summed E-state index contributed by atoms with van der Waals surface area (Å²) in [7, 11) is 0. The molecule has 1 atom stereocenters. The van der Waals surface area contributed by atoms with E-state index in [1.54, 1.807) is 17.3 Å². The van der Waals surface area contributed by atoms with Gasteiger partial charge in [0.25, 0.3) is 4.84 Å². The number of hydrogen-bond acceptors (Lipinski definition) is 6. The first-order valence-electron chi connectivity index (χ1n) is 11.0. The smallest absolute Gasteiger partial charge is 0.405 e. The minimum absolute atomic E-state index is 0.155. The van der Waals surface area contributed by atoms with Gasteiger partial charge in [-0.3, -0.25) is 9.78 Å². The zero-order chi connectivity index (χ0) is 24.4. The van der Waals surface area contributed by atoms with E-state index < -0.39 is 12.1 Å². The molecule has 5 rings (SSSR count). The summed E-state index contributed by atoms with van der Waals surface area (Å²) in [4.78, 5) is 31.1. The summed E-state index contributed by atoms with van der Waals surface area (Å²) in [5.41, 5.74) is 4.91. The fraction of sp³-hybridized carbons (Fsp3) is 0.160. The van der Waals surface area contributed by atoms with Crippen LogP contribution >= 0.6 is 12.2 Å². The van der Waals surface area contributed by atoms with Gasteiger partial charge >= 0.3 is 6.09 Å². The van der Waals surface area contributed by atoms with E-state index in [0.717, 1.165) is 27.8 Å². The molecule has 0 aliphatic carbocycles. The minimum atomic E-state index is -1.25. The Bertz CT molecular complexity index is 1440. The van der Waals surface area contributed by atoms with E-state index in [2.05, 4.69) is 20.5 Å². The first kappa shape index (κ1) is 22.5. The standard InChI is InChI=1S/C25H21N5O4S/c31-23(20(27-24(32)33)12-15-4-2-1-3-5-15)30-11-8-18-19(22-28-29-25(35)34-22)13-17(14-21(18)30)16-6-9-26-10-7-16/h1-7,9-10,13-14,20,27H,8,11-12H2,(H,29,35)(H,32,33). The summed E-state index contributed by atoms with van der Waals surface area (Å²) in [6.45, 7) is 0.401. The predicted octanol–water partition coefficient (Wildman–Crippen LogP) is 4.23. The van der Waals surface area contributed by atoms with Gasteiger partial charge in [0.2, 0.25) is 11.8 Å². The van der Waals surface area contributed by atoms with Gasteiger partial charge in [0, 0.05) is 36.6 Å².